The normalized spacial score (nSPS) is 22.2. The van der Waals surface area contributed by atoms with Crippen LogP contribution in [0.1, 0.15) is 37.2 Å². The summed E-state index contributed by atoms with van der Waals surface area (Å²) in [5.41, 5.74) is 1.66. The molecule has 1 aromatic heterocycles. The number of H-pyrrole nitrogens is 1. The number of hydrogen-bond acceptors (Lipinski definition) is 6. The quantitative estimate of drug-likeness (QED) is 0.559. The van der Waals surface area contributed by atoms with E-state index in [2.05, 4.69) is 25.7 Å². The first kappa shape index (κ1) is 21.6. The number of hydrogen-bond donors (Lipinski definition) is 4. The van der Waals surface area contributed by atoms with Crippen molar-refractivity contribution in [3.63, 3.8) is 0 Å². The average Bonchev–Trinajstić information content (AvgIpc) is 3.12. The fraction of sp³-hybridized carbons (Fsp3) is 0.500. The molecule has 0 aliphatic carbocycles. The third kappa shape index (κ3) is 5.07. The van der Waals surface area contributed by atoms with Crippen LogP contribution in [0.3, 0.4) is 0 Å². The number of aromatic nitrogens is 2. The number of anilines is 1. The Morgan fingerprint density at radius 2 is 2.03 bits per heavy atom. The Balaban J connectivity index is 0.000000806. The molecule has 10 heteroatoms. The monoisotopic (exact) mass is 417 g/mol. The van der Waals surface area contributed by atoms with Gasteiger partial charge in [0.15, 0.2) is 5.69 Å². The van der Waals surface area contributed by atoms with Crippen LogP contribution in [0.2, 0.25) is 0 Å². The minimum Gasteiger partial charge on any atom is -0.483 e. The van der Waals surface area contributed by atoms with Crippen LogP contribution in [-0.4, -0.2) is 70.5 Å². The summed E-state index contributed by atoms with van der Waals surface area (Å²) in [6, 6.07) is 5.45. The lowest BCUT2D eigenvalue weighted by Gasteiger charge is -2.44. The first-order valence-corrected chi connectivity index (χ1v) is 9.98. The van der Waals surface area contributed by atoms with E-state index in [1.54, 1.807) is 32.0 Å². The minimum absolute atomic E-state index is 0.175. The van der Waals surface area contributed by atoms with Gasteiger partial charge in [0.05, 0.1) is 11.6 Å². The standard InChI is InChI=1S/C19H25N5O3.CH2O2/c1-11(2)27-19(26)20-13-3-4-15-14(9-13)17(23-22-15)18(25)21-16-10-24-7-5-12(16)6-8-24;2-1-3/h3-4,9,11-12,16H,5-8,10H2,1-2H3,(H,20,26)(H,21,25)(H,22,23);1H,(H,2,3)/t16-;/m0./s1. The Bertz CT molecular complexity index is 904. The van der Waals surface area contributed by atoms with Crippen molar-refractivity contribution in [2.45, 2.75) is 38.8 Å². The Labute approximate surface area is 174 Å². The molecule has 10 nitrogen and oxygen atoms in total. The van der Waals surface area contributed by atoms with Crippen molar-refractivity contribution in [3.8, 4) is 0 Å². The number of fused-ring (bicyclic) bond motifs is 4. The van der Waals surface area contributed by atoms with Crippen LogP contribution < -0.4 is 10.6 Å². The first-order chi connectivity index (χ1) is 14.4. The third-order valence-corrected chi connectivity index (χ3v) is 5.34. The zero-order chi connectivity index (χ0) is 21.7. The Hall–Kier alpha value is -3.14. The molecule has 1 aromatic carbocycles. The van der Waals surface area contributed by atoms with Crippen LogP contribution in [0, 0.1) is 5.92 Å². The molecule has 3 aliphatic heterocycles. The van der Waals surface area contributed by atoms with Gasteiger partial charge in [-0.25, -0.2) is 4.79 Å². The molecule has 4 heterocycles. The molecule has 3 fully saturated rings. The van der Waals surface area contributed by atoms with Gasteiger partial charge in [-0.1, -0.05) is 0 Å². The van der Waals surface area contributed by atoms with Crippen molar-refractivity contribution in [2.24, 2.45) is 5.92 Å². The van der Waals surface area contributed by atoms with Gasteiger partial charge in [0.1, 0.15) is 0 Å². The van der Waals surface area contributed by atoms with Crippen molar-refractivity contribution in [1.82, 2.24) is 20.4 Å². The van der Waals surface area contributed by atoms with Crippen molar-refractivity contribution in [3.05, 3.63) is 23.9 Å². The summed E-state index contributed by atoms with van der Waals surface area (Å²) in [4.78, 5) is 35.4. The fourth-order valence-electron chi connectivity index (χ4n) is 3.99. The number of benzene rings is 1. The molecular formula is C20H27N5O5. The van der Waals surface area contributed by atoms with E-state index in [-0.39, 0.29) is 24.5 Å². The van der Waals surface area contributed by atoms with Gasteiger partial charge < -0.3 is 20.1 Å². The summed E-state index contributed by atoms with van der Waals surface area (Å²) >= 11 is 0. The summed E-state index contributed by atoms with van der Waals surface area (Å²) in [6.45, 7) is 6.49. The second kappa shape index (κ2) is 9.57. The first-order valence-electron chi connectivity index (χ1n) is 9.98. The van der Waals surface area contributed by atoms with E-state index in [9.17, 15) is 9.59 Å². The maximum Gasteiger partial charge on any atom is 0.411 e. The maximum atomic E-state index is 12.8. The molecule has 3 saturated heterocycles. The second-order valence-electron chi connectivity index (χ2n) is 7.74. The highest BCUT2D eigenvalue weighted by Gasteiger charge is 2.35. The zero-order valence-electron chi connectivity index (χ0n) is 17.1. The smallest absolute Gasteiger partial charge is 0.411 e. The van der Waals surface area contributed by atoms with Crippen molar-refractivity contribution in [2.75, 3.05) is 25.0 Å². The Morgan fingerprint density at radius 1 is 1.33 bits per heavy atom. The molecule has 0 radical (unpaired) electrons. The van der Waals surface area contributed by atoms with Crippen LogP contribution in [-0.2, 0) is 9.53 Å². The van der Waals surface area contributed by atoms with Crippen molar-refractivity contribution in [1.29, 1.82) is 0 Å². The van der Waals surface area contributed by atoms with Crippen LogP contribution in [0.15, 0.2) is 18.2 Å². The number of carbonyl (C=O) groups is 3. The van der Waals surface area contributed by atoms with E-state index in [1.165, 1.54) is 0 Å². The van der Waals surface area contributed by atoms with Gasteiger partial charge in [0, 0.05) is 23.7 Å². The van der Waals surface area contributed by atoms with E-state index in [0.29, 0.717) is 22.7 Å². The number of amides is 2. The van der Waals surface area contributed by atoms with Crippen molar-refractivity contribution < 1.29 is 24.2 Å². The number of ether oxygens (including phenoxy) is 1. The molecule has 2 amide bonds. The fourth-order valence-corrected chi connectivity index (χ4v) is 3.99. The van der Waals surface area contributed by atoms with Crippen LogP contribution in [0.25, 0.3) is 10.9 Å². The summed E-state index contributed by atoms with van der Waals surface area (Å²) < 4.78 is 5.10. The van der Waals surface area contributed by atoms with E-state index in [4.69, 9.17) is 14.6 Å². The minimum atomic E-state index is -0.522. The van der Waals surface area contributed by atoms with Gasteiger partial charge in [-0.05, 0) is 63.9 Å². The Morgan fingerprint density at radius 3 is 2.63 bits per heavy atom. The lowest BCUT2D eigenvalue weighted by Crippen LogP contribution is -2.57. The zero-order valence-corrected chi connectivity index (χ0v) is 17.1. The summed E-state index contributed by atoms with van der Waals surface area (Å²) in [7, 11) is 0. The molecule has 2 aromatic rings. The van der Waals surface area contributed by atoms with Gasteiger partial charge in [-0.3, -0.25) is 20.0 Å². The Kier molecular flexibility index (Phi) is 6.88. The number of nitrogens with one attached hydrogen (secondary N) is 3. The molecule has 4 N–H and O–H groups in total. The molecule has 0 saturated carbocycles. The number of piperidine rings is 3. The lowest BCUT2D eigenvalue weighted by atomic mass is 9.84. The predicted octanol–water partition coefficient (Wildman–Crippen LogP) is 2.04. The second-order valence-corrected chi connectivity index (χ2v) is 7.74. The summed E-state index contributed by atoms with van der Waals surface area (Å²) in [5, 5.41) is 20.5. The highest BCUT2D eigenvalue weighted by atomic mass is 16.6. The highest BCUT2D eigenvalue weighted by Crippen LogP contribution is 2.28. The largest absolute Gasteiger partial charge is 0.483 e. The average molecular weight is 417 g/mol. The van der Waals surface area contributed by atoms with Gasteiger partial charge in [0.2, 0.25) is 0 Å². The summed E-state index contributed by atoms with van der Waals surface area (Å²) in [6.07, 6.45) is 1.55. The number of aromatic amines is 1. The SMILES string of the molecule is CC(C)OC(=O)Nc1ccc2[nH]nc(C(=O)N[C@H]3CN4CCC3CC4)c2c1.O=CO. The van der Waals surface area contributed by atoms with Gasteiger partial charge >= 0.3 is 6.09 Å². The number of carboxylic acid groups (broad SMARTS) is 1. The van der Waals surface area contributed by atoms with Crippen molar-refractivity contribution >= 4 is 35.1 Å². The van der Waals surface area contributed by atoms with Gasteiger partial charge in [-0.2, -0.15) is 5.10 Å². The molecule has 1 atom stereocenters. The van der Waals surface area contributed by atoms with E-state index < -0.39 is 6.09 Å². The molecular weight excluding hydrogens is 390 g/mol. The molecule has 3 aliphatic rings. The molecule has 0 spiro atoms. The maximum absolute atomic E-state index is 12.8. The highest BCUT2D eigenvalue weighted by molar-refractivity contribution is 6.06. The third-order valence-electron chi connectivity index (χ3n) is 5.34. The van der Waals surface area contributed by atoms with E-state index >= 15 is 0 Å². The summed E-state index contributed by atoms with van der Waals surface area (Å²) in [5.74, 6) is 0.370. The van der Waals surface area contributed by atoms with Crippen LogP contribution in [0.5, 0.6) is 0 Å². The lowest BCUT2D eigenvalue weighted by molar-refractivity contribution is -0.122. The van der Waals surface area contributed by atoms with Gasteiger partial charge in [-0.15, -0.1) is 0 Å². The number of nitrogens with zero attached hydrogens (tertiary/aromatic N) is 2. The molecule has 0 unspecified atom stereocenters. The molecule has 5 rings (SSSR count). The topological polar surface area (TPSA) is 137 Å². The van der Waals surface area contributed by atoms with Crippen LogP contribution in [0.4, 0.5) is 10.5 Å². The number of carbonyl (C=O) groups excluding carboxylic acids is 2. The number of rotatable bonds is 4. The van der Waals surface area contributed by atoms with Gasteiger partial charge in [0.25, 0.3) is 12.4 Å². The van der Waals surface area contributed by atoms with E-state index in [0.717, 1.165) is 38.0 Å². The predicted molar refractivity (Wildman–Crippen MR) is 110 cm³/mol. The molecule has 30 heavy (non-hydrogen) atoms. The molecule has 2 bridgehead atoms. The van der Waals surface area contributed by atoms with Crippen LogP contribution >= 0.6 is 0 Å². The molecule has 162 valence electrons. The van der Waals surface area contributed by atoms with E-state index in [1.807, 2.05) is 0 Å².